The zero-order valence-electron chi connectivity index (χ0n) is 13.8. The summed E-state index contributed by atoms with van der Waals surface area (Å²) in [5.74, 6) is 0.773. The van der Waals surface area contributed by atoms with Gasteiger partial charge in [0.2, 0.25) is 0 Å². The molecule has 1 N–H and O–H groups in total. The second kappa shape index (κ2) is 6.79. The Balaban J connectivity index is 1.75. The number of ether oxygens (including phenoxy) is 1. The summed E-state index contributed by atoms with van der Waals surface area (Å²) in [4.78, 5) is 0. The highest BCUT2D eigenvalue weighted by molar-refractivity contribution is 4.87. The van der Waals surface area contributed by atoms with Crippen LogP contribution in [0.1, 0.15) is 85.0 Å². The van der Waals surface area contributed by atoms with Gasteiger partial charge in [0.1, 0.15) is 0 Å². The van der Waals surface area contributed by atoms with Crippen LogP contribution in [0.2, 0.25) is 0 Å². The topological polar surface area (TPSA) is 29.5 Å². The van der Waals surface area contributed by atoms with E-state index in [0.29, 0.717) is 11.5 Å². The average Bonchev–Trinajstić information content (AvgIpc) is 2.77. The third-order valence-electron chi connectivity index (χ3n) is 5.57. The Hall–Kier alpha value is -0.0800. The van der Waals surface area contributed by atoms with Crippen molar-refractivity contribution < 1.29 is 9.84 Å². The lowest BCUT2D eigenvalue weighted by Gasteiger charge is -2.31. The molecule has 0 aromatic carbocycles. The molecule has 0 aromatic rings. The normalized spacial score (nSPS) is 36.0. The zero-order chi connectivity index (χ0) is 14.6. The Bertz CT molecular complexity index is 288. The van der Waals surface area contributed by atoms with E-state index in [9.17, 15) is 5.11 Å². The molecule has 2 fully saturated rings. The third kappa shape index (κ3) is 4.73. The lowest BCUT2D eigenvalue weighted by molar-refractivity contribution is 0.00726. The Morgan fingerprint density at radius 3 is 2.55 bits per heavy atom. The predicted molar refractivity (Wildman–Crippen MR) is 83.8 cm³/mol. The van der Waals surface area contributed by atoms with Crippen molar-refractivity contribution in [3.63, 3.8) is 0 Å². The van der Waals surface area contributed by atoms with Crippen LogP contribution in [0.3, 0.4) is 0 Å². The van der Waals surface area contributed by atoms with Crippen LogP contribution in [0.4, 0.5) is 0 Å². The Kier molecular flexibility index (Phi) is 5.53. The monoisotopic (exact) mass is 282 g/mol. The Labute approximate surface area is 125 Å². The van der Waals surface area contributed by atoms with Crippen molar-refractivity contribution in [1.29, 1.82) is 0 Å². The first-order valence-electron chi connectivity index (χ1n) is 8.73. The average molecular weight is 282 g/mol. The molecular formula is C18H34O2. The highest BCUT2D eigenvalue weighted by Gasteiger charge is 2.34. The van der Waals surface area contributed by atoms with Crippen molar-refractivity contribution in [3.05, 3.63) is 0 Å². The van der Waals surface area contributed by atoms with Gasteiger partial charge in [-0.1, -0.05) is 27.2 Å². The smallest absolute Gasteiger partial charge is 0.0648 e. The number of aliphatic hydroxyl groups is 1. The summed E-state index contributed by atoms with van der Waals surface area (Å²) in [6.45, 7) is 7.99. The summed E-state index contributed by atoms with van der Waals surface area (Å²) in [5.41, 5.74) is 0.00153. The van der Waals surface area contributed by atoms with E-state index in [1.54, 1.807) is 0 Å². The fourth-order valence-corrected chi connectivity index (χ4v) is 4.04. The molecule has 20 heavy (non-hydrogen) atoms. The minimum Gasteiger partial charge on any atom is -0.390 e. The molecule has 2 aliphatic rings. The number of hydrogen-bond acceptors (Lipinski definition) is 2. The standard InChI is InChI=1S/C18H34O2/c1-17(2,3)15-7-4-11-18(19,13-10-15)12-5-8-16-9-6-14-20-16/h15-16,19H,4-14H2,1-3H3. The van der Waals surface area contributed by atoms with E-state index in [1.165, 1.54) is 32.1 Å². The molecule has 1 aliphatic heterocycles. The predicted octanol–water partition coefficient (Wildman–Crippen LogP) is 4.69. The maximum absolute atomic E-state index is 10.9. The molecule has 1 aliphatic carbocycles. The first-order valence-corrected chi connectivity index (χ1v) is 8.73. The van der Waals surface area contributed by atoms with Crippen LogP contribution in [0.5, 0.6) is 0 Å². The van der Waals surface area contributed by atoms with E-state index >= 15 is 0 Å². The maximum atomic E-state index is 10.9. The maximum Gasteiger partial charge on any atom is 0.0648 e. The first-order chi connectivity index (χ1) is 9.39. The van der Waals surface area contributed by atoms with E-state index in [4.69, 9.17) is 4.74 Å². The van der Waals surface area contributed by atoms with E-state index < -0.39 is 5.60 Å². The van der Waals surface area contributed by atoms with Gasteiger partial charge in [0.05, 0.1) is 11.7 Å². The quantitative estimate of drug-likeness (QED) is 0.758. The summed E-state index contributed by atoms with van der Waals surface area (Å²) in [6, 6.07) is 0. The lowest BCUT2D eigenvalue weighted by Crippen LogP contribution is -2.28. The fourth-order valence-electron chi connectivity index (χ4n) is 4.04. The molecule has 2 heteroatoms. The summed E-state index contributed by atoms with van der Waals surface area (Å²) in [7, 11) is 0. The van der Waals surface area contributed by atoms with Crippen LogP contribution in [-0.2, 0) is 4.74 Å². The molecule has 0 aromatic heterocycles. The van der Waals surface area contributed by atoms with Crippen LogP contribution in [0.25, 0.3) is 0 Å². The van der Waals surface area contributed by atoms with Gasteiger partial charge < -0.3 is 9.84 Å². The molecule has 1 saturated heterocycles. The van der Waals surface area contributed by atoms with E-state index in [1.807, 2.05) is 0 Å². The molecule has 3 unspecified atom stereocenters. The van der Waals surface area contributed by atoms with Gasteiger partial charge in [0.15, 0.2) is 0 Å². The summed E-state index contributed by atoms with van der Waals surface area (Å²) < 4.78 is 5.68. The van der Waals surface area contributed by atoms with Gasteiger partial charge in [0, 0.05) is 6.61 Å². The lowest BCUT2D eigenvalue weighted by atomic mass is 9.76. The van der Waals surface area contributed by atoms with Crippen LogP contribution >= 0.6 is 0 Å². The van der Waals surface area contributed by atoms with Gasteiger partial charge in [-0.3, -0.25) is 0 Å². The van der Waals surface area contributed by atoms with Crippen molar-refractivity contribution in [2.45, 2.75) is 96.7 Å². The van der Waals surface area contributed by atoms with Gasteiger partial charge in [-0.2, -0.15) is 0 Å². The summed E-state index contributed by atoms with van der Waals surface area (Å²) in [6.07, 6.45) is 11.9. The number of rotatable bonds is 4. The fraction of sp³-hybridized carbons (Fsp3) is 1.00. The third-order valence-corrected chi connectivity index (χ3v) is 5.57. The van der Waals surface area contributed by atoms with Gasteiger partial charge in [-0.15, -0.1) is 0 Å². The van der Waals surface area contributed by atoms with Gasteiger partial charge in [-0.25, -0.2) is 0 Å². The highest BCUT2D eigenvalue weighted by atomic mass is 16.5. The number of hydrogen-bond donors (Lipinski definition) is 1. The Morgan fingerprint density at radius 1 is 1.10 bits per heavy atom. The van der Waals surface area contributed by atoms with Gasteiger partial charge in [-0.05, 0) is 69.1 Å². The molecule has 2 rings (SSSR count). The van der Waals surface area contributed by atoms with Crippen LogP contribution in [-0.4, -0.2) is 23.4 Å². The molecule has 0 radical (unpaired) electrons. The van der Waals surface area contributed by atoms with Crippen molar-refractivity contribution in [3.8, 4) is 0 Å². The molecule has 1 heterocycles. The van der Waals surface area contributed by atoms with E-state index in [0.717, 1.165) is 44.6 Å². The summed E-state index contributed by atoms with van der Waals surface area (Å²) in [5, 5.41) is 10.9. The summed E-state index contributed by atoms with van der Waals surface area (Å²) >= 11 is 0. The van der Waals surface area contributed by atoms with Crippen LogP contribution in [0.15, 0.2) is 0 Å². The minimum atomic E-state index is -0.390. The SMILES string of the molecule is CC(C)(C)C1CCCC(O)(CCCC2CCCO2)CC1. The second-order valence-electron chi connectivity index (χ2n) is 8.25. The van der Waals surface area contributed by atoms with Crippen molar-refractivity contribution in [2.24, 2.45) is 11.3 Å². The van der Waals surface area contributed by atoms with Crippen LogP contribution in [0, 0.1) is 11.3 Å². The van der Waals surface area contributed by atoms with Gasteiger partial charge in [0.25, 0.3) is 0 Å². The molecular weight excluding hydrogens is 248 g/mol. The van der Waals surface area contributed by atoms with Gasteiger partial charge >= 0.3 is 0 Å². The highest BCUT2D eigenvalue weighted by Crippen LogP contribution is 2.41. The molecule has 0 amide bonds. The molecule has 0 spiro atoms. The van der Waals surface area contributed by atoms with Crippen molar-refractivity contribution in [1.82, 2.24) is 0 Å². The molecule has 3 atom stereocenters. The van der Waals surface area contributed by atoms with Crippen LogP contribution < -0.4 is 0 Å². The largest absolute Gasteiger partial charge is 0.390 e. The van der Waals surface area contributed by atoms with Crippen molar-refractivity contribution >= 4 is 0 Å². The van der Waals surface area contributed by atoms with E-state index in [-0.39, 0.29) is 0 Å². The molecule has 2 nitrogen and oxygen atoms in total. The molecule has 0 bridgehead atoms. The molecule has 118 valence electrons. The first kappa shape index (κ1) is 16.3. The molecule has 1 saturated carbocycles. The van der Waals surface area contributed by atoms with Crippen molar-refractivity contribution in [2.75, 3.05) is 6.61 Å². The van der Waals surface area contributed by atoms with E-state index in [2.05, 4.69) is 20.8 Å². The Morgan fingerprint density at radius 2 is 1.90 bits per heavy atom. The zero-order valence-corrected chi connectivity index (χ0v) is 13.8. The minimum absolute atomic E-state index is 0.390. The second-order valence-corrected chi connectivity index (χ2v) is 8.25.